The molecule has 0 fully saturated rings. The first-order valence-corrected chi connectivity index (χ1v) is 6.60. The molecule has 0 bridgehead atoms. The summed E-state index contributed by atoms with van der Waals surface area (Å²) in [5.74, 6) is -1.42. The first-order valence-electron chi connectivity index (χ1n) is 6.22. The second kappa shape index (κ2) is 7.24. The fraction of sp³-hybridized carbons (Fsp3) is 0.429. The zero-order chi connectivity index (χ0) is 15.3. The predicted octanol–water partition coefficient (Wildman–Crippen LogP) is 2.80. The maximum absolute atomic E-state index is 12.8. The number of hydrogen-bond acceptors (Lipinski definition) is 3. The van der Waals surface area contributed by atoms with Crippen LogP contribution in [-0.2, 0) is 9.53 Å². The number of amides is 1. The molecule has 0 saturated carbocycles. The van der Waals surface area contributed by atoms with E-state index >= 15 is 0 Å². The van der Waals surface area contributed by atoms with Gasteiger partial charge >= 0.3 is 5.97 Å². The summed E-state index contributed by atoms with van der Waals surface area (Å²) in [6.07, 6.45) is 0. The lowest BCUT2D eigenvalue weighted by molar-refractivity contribution is -0.125. The minimum Gasteiger partial charge on any atom is -0.452 e. The van der Waals surface area contributed by atoms with Gasteiger partial charge in [0.25, 0.3) is 5.91 Å². The summed E-state index contributed by atoms with van der Waals surface area (Å²) in [5, 5.41) is 2.65. The van der Waals surface area contributed by atoms with Gasteiger partial charge in [-0.2, -0.15) is 0 Å². The molecule has 1 aromatic carbocycles. The Morgan fingerprint density at radius 1 is 1.35 bits per heavy atom. The van der Waals surface area contributed by atoms with Crippen LogP contribution in [0, 0.1) is 11.7 Å². The summed E-state index contributed by atoms with van der Waals surface area (Å²) in [7, 11) is 0. The third kappa shape index (κ3) is 4.81. The van der Waals surface area contributed by atoms with Crippen LogP contribution < -0.4 is 5.32 Å². The van der Waals surface area contributed by atoms with Gasteiger partial charge in [-0.05, 0) is 31.0 Å². The maximum Gasteiger partial charge on any atom is 0.340 e. The van der Waals surface area contributed by atoms with Crippen molar-refractivity contribution in [2.45, 2.75) is 26.8 Å². The minimum absolute atomic E-state index is 0.0180. The average molecular weight is 302 g/mol. The number of hydrogen-bond donors (Lipinski definition) is 1. The van der Waals surface area contributed by atoms with Crippen LogP contribution in [0.5, 0.6) is 0 Å². The van der Waals surface area contributed by atoms with Crippen LogP contribution in [-0.4, -0.2) is 24.5 Å². The van der Waals surface area contributed by atoms with Gasteiger partial charge < -0.3 is 10.1 Å². The Hall–Kier alpha value is -1.62. The topological polar surface area (TPSA) is 55.4 Å². The molecule has 1 N–H and O–H groups in total. The van der Waals surface area contributed by atoms with E-state index in [1.165, 1.54) is 6.07 Å². The van der Waals surface area contributed by atoms with E-state index in [4.69, 9.17) is 16.3 Å². The van der Waals surface area contributed by atoms with Crippen molar-refractivity contribution in [2.75, 3.05) is 6.61 Å². The Kier molecular flexibility index (Phi) is 5.95. The highest BCUT2D eigenvalue weighted by Crippen LogP contribution is 2.18. The standard InChI is InChI=1S/C14H17ClFNO3/c1-8(2)9(3)17-13(18)7-20-14(19)11-5-4-10(16)6-12(11)15/h4-6,8-9H,7H2,1-3H3,(H,17,18). The highest BCUT2D eigenvalue weighted by atomic mass is 35.5. The molecule has 1 amide bonds. The summed E-state index contributed by atoms with van der Waals surface area (Å²) >= 11 is 5.72. The van der Waals surface area contributed by atoms with Crippen LogP contribution in [0.3, 0.4) is 0 Å². The second-order valence-electron chi connectivity index (χ2n) is 4.80. The Bertz CT molecular complexity index is 505. The molecule has 0 aromatic heterocycles. The van der Waals surface area contributed by atoms with Crippen LogP contribution in [0.2, 0.25) is 5.02 Å². The van der Waals surface area contributed by atoms with Gasteiger partial charge in [0.05, 0.1) is 10.6 Å². The molecule has 0 saturated heterocycles. The minimum atomic E-state index is -0.762. The first kappa shape index (κ1) is 16.4. The van der Waals surface area contributed by atoms with E-state index in [0.717, 1.165) is 12.1 Å². The molecule has 110 valence electrons. The summed E-state index contributed by atoms with van der Waals surface area (Å²) in [4.78, 5) is 23.2. The van der Waals surface area contributed by atoms with E-state index < -0.39 is 24.3 Å². The third-order valence-electron chi connectivity index (χ3n) is 2.87. The number of nitrogens with one attached hydrogen (secondary N) is 1. The van der Waals surface area contributed by atoms with E-state index in [0.29, 0.717) is 0 Å². The Morgan fingerprint density at radius 3 is 2.55 bits per heavy atom. The highest BCUT2D eigenvalue weighted by Gasteiger charge is 2.16. The van der Waals surface area contributed by atoms with Crippen molar-refractivity contribution in [3.05, 3.63) is 34.6 Å². The van der Waals surface area contributed by atoms with Gasteiger partial charge in [0.2, 0.25) is 0 Å². The molecular formula is C14H17ClFNO3. The van der Waals surface area contributed by atoms with Crippen molar-refractivity contribution in [3.63, 3.8) is 0 Å². The molecule has 0 aliphatic rings. The lowest BCUT2D eigenvalue weighted by atomic mass is 10.1. The fourth-order valence-electron chi connectivity index (χ4n) is 1.33. The molecule has 0 spiro atoms. The predicted molar refractivity (Wildman–Crippen MR) is 74.1 cm³/mol. The number of ether oxygens (including phenoxy) is 1. The van der Waals surface area contributed by atoms with Crippen molar-refractivity contribution in [2.24, 2.45) is 5.92 Å². The van der Waals surface area contributed by atoms with E-state index in [2.05, 4.69) is 5.32 Å². The van der Waals surface area contributed by atoms with Crippen molar-refractivity contribution in [1.29, 1.82) is 0 Å². The monoisotopic (exact) mass is 301 g/mol. The van der Waals surface area contributed by atoms with E-state index in [-0.39, 0.29) is 22.5 Å². The number of rotatable bonds is 5. The molecular weight excluding hydrogens is 285 g/mol. The molecule has 0 radical (unpaired) electrons. The van der Waals surface area contributed by atoms with Crippen molar-refractivity contribution < 1.29 is 18.7 Å². The maximum atomic E-state index is 12.8. The second-order valence-corrected chi connectivity index (χ2v) is 5.21. The van der Waals surface area contributed by atoms with Crippen LogP contribution in [0.4, 0.5) is 4.39 Å². The molecule has 0 aliphatic carbocycles. The average Bonchev–Trinajstić information content (AvgIpc) is 2.35. The van der Waals surface area contributed by atoms with Gasteiger partial charge in [0.15, 0.2) is 6.61 Å². The zero-order valence-corrected chi connectivity index (χ0v) is 12.3. The van der Waals surface area contributed by atoms with E-state index in [9.17, 15) is 14.0 Å². The van der Waals surface area contributed by atoms with Crippen LogP contribution in [0.15, 0.2) is 18.2 Å². The van der Waals surface area contributed by atoms with Gasteiger partial charge in [0, 0.05) is 6.04 Å². The summed E-state index contributed by atoms with van der Waals surface area (Å²) in [6.45, 7) is 5.40. The van der Waals surface area contributed by atoms with Gasteiger partial charge in [-0.25, -0.2) is 9.18 Å². The normalized spacial score (nSPS) is 12.1. The molecule has 0 heterocycles. The first-order chi connectivity index (χ1) is 9.31. The largest absolute Gasteiger partial charge is 0.452 e. The SMILES string of the molecule is CC(C)C(C)NC(=O)COC(=O)c1ccc(F)cc1Cl. The van der Waals surface area contributed by atoms with Crippen molar-refractivity contribution in [1.82, 2.24) is 5.32 Å². The molecule has 1 unspecified atom stereocenters. The fourth-order valence-corrected chi connectivity index (χ4v) is 1.57. The molecule has 20 heavy (non-hydrogen) atoms. The van der Waals surface area contributed by atoms with Gasteiger partial charge in [-0.15, -0.1) is 0 Å². The quantitative estimate of drug-likeness (QED) is 0.851. The molecule has 1 rings (SSSR count). The number of benzene rings is 1. The van der Waals surface area contributed by atoms with Gasteiger partial charge in [0.1, 0.15) is 5.82 Å². The molecule has 0 aliphatic heterocycles. The van der Waals surface area contributed by atoms with Gasteiger partial charge in [-0.3, -0.25) is 4.79 Å². The zero-order valence-electron chi connectivity index (χ0n) is 11.6. The van der Waals surface area contributed by atoms with Crippen LogP contribution in [0.1, 0.15) is 31.1 Å². The Labute approximate surface area is 122 Å². The van der Waals surface area contributed by atoms with Gasteiger partial charge in [-0.1, -0.05) is 25.4 Å². The van der Waals surface area contributed by atoms with E-state index in [1.807, 2.05) is 20.8 Å². The number of carbonyl (C=O) groups excluding carboxylic acids is 2. The van der Waals surface area contributed by atoms with Crippen molar-refractivity contribution in [3.8, 4) is 0 Å². The number of carbonyl (C=O) groups is 2. The van der Waals surface area contributed by atoms with Crippen LogP contribution >= 0.6 is 11.6 Å². The molecule has 1 atom stereocenters. The third-order valence-corrected chi connectivity index (χ3v) is 3.19. The molecule has 6 heteroatoms. The summed E-state index contributed by atoms with van der Waals surface area (Å²) < 4.78 is 17.7. The molecule has 4 nitrogen and oxygen atoms in total. The number of halogens is 2. The lowest BCUT2D eigenvalue weighted by Gasteiger charge is -2.17. The smallest absolute Gasteiger partial charge is 0.340 e. The van der Waals surface area contributed by atoms with Crippen LogP contribution in [0.25, 0.3) is 0 Å². The van der Waals surface area contributed by atoms with Crippen molar-refractivity contribution >= 4 is 23.5 Å². The molecule has 1 aromatic rings. The Balaban J connectivity index is 2.53. The van der Waals surface area contributed by atoms with E-state index in [1.54, 1.807) is 0 Å². The Morgan fingerprint density at radius 2 is 2.00 bits per heavy atom. The lowest BCUT2D eigenvalue weighted by Crippen LogP contribution is -2.38. The number of esters is 1. The highest BCUT2D eigenvalue weighted by molar-refractivity contribution is 6.33. The summed E-state index contributed by atoms with van der Waals surface area (Å²) in [5.41, 5.74) is 0.0257. The summed E-state index contributed by atoms with van der Waals surface area (Å²) in [6, 6.07) is 3.31.